The van der Waals surface area contributed by atoms with E-state index in [-0.39, 0.29) is 12.5 Å². The van der Waals surface area contributed by atoms with Crippen molar-refractivity contribution in [2.75, 3.05) is 6.61 Å². The Labute approximate surface area is 420 Å². The molecule has 0 rings (SSSR count). The van der Waals surface area contributed by atoms with Crippen LogP contribution in [0.25, 0.3) is 0 Å². The highest BCUT2D eigenvalue weighted by atomic mass is 16.3. The van der Waals surface area contributed by atoms with Crippen molar-refractivity contribution < 1.29 is 15.0 Å². The summed E-state index contributed by atoms with van der Waals surface area (Å²) in [6, 6.07) is -0.656. The Hall–Kier alpha value is -3.99. The van der Waals surface area contributed by atoms with E-state index in [1.54, 1.807) is 6.08 Å². The van der Waals surface area contributed by atoms with E-state index in [0.717, 1.165) is 116 Å². The number of amides is 1. The third kappa shape index (κ3) is 53.0. The molecular weight excluding hydrogens is 831 g/mol. The highest BCUT2D eigenvalue weighted by molar-refractivity contribution is 5.76. The van der Waals surface area contributed by atoms with Gasteiger partial charge in [0.05, 0.1) is 18.8 Å². The van der Waals surface area contributed by atoms with Crippen molar-refractivity contribution in [3.05, 3.63) is 158 Å². The van der Waals surface area contributed by atoms with Crippen molar-refractivity contribution in [1.29, 1.82) is 0 Å². The maximum atomic E-state index is 12.4. The van der Waals surface area contributed by atoms with E-state index in [9.17, 15) is 15.0 Å². The van der Waals surface area contributed by atoms with Crippen LogP contribution in [0, 0.1) is 0 Å². The van der Waals surface area contributed by atoms with Gasteiger partial charge in [-0.05, 0) is 116 Å². The quantitative estimate of drug-likeness (QED) is 0.0421. The first kappa shape index (κ1) is 64.0. The lowest BCUT2D eigenvalue weighted by molar-refractivity contribution is -0.123. The van der Waals surface area contributed by atoms with E-state index in [0.29, 0.717) is 6.42 Å². The second-order valence-electron chi connectivity index (χ2n) is 17.9. The van der Waals surface area contributed by atoms with Crippen LogP contribution in [0.5, 0.6) is 0 Å². The molecule has 0 aromatic rings. The summed E-state index contributed by atoms with van der Waals surface area (Å²) in [6.07, 6.45) is 92.4. The number of hydrogen-bond acceptors (Lipinski definition) is 3. The first-order chi connectivity index (χ1) is 33.7. The lowest BCUT2D eigenvalue weighted by Crippen LogP contribution is -2.45. The first-order valence-corrected chi connectivity index (χ1v) is 27.7. The van der Waals surface area contributed by atoms with Gasteiger partial charge in [0.25, 0.3) is 0 Å². The average Bonchev–Trinajstić information content (AvgIpc) is 3.34. The zero-order valence-corrected chi connectivity index (χ0v) is 43.8. The largest absolute Gasteiger partial charge is 0.394 e. The molecule has 1 amide bonds. The van der Waals surface area contributed by atoms with Crippen molar-refractivity contribution in [1.82, 2.24) is 5.32 Å². The van der Waals surface area contributed by atoms with Gasteiger partial charge in [-0.15, -0.1) is 0 Å². The molecule has 0 fully saturated rings. The zero-order valence-electron chi connectivity index (χ0n) is 43.8. The molecule has 3 N–H and O–H groups in total. The normalized spacial score (nSPS) is 14.1. The van der Waals surface area contributed by atoms with Gasteiger partial charge in [0.15, 0.2) is 0 Å². The minimum Gasteiger partial charge on any atom is -0.394 e. The maximum absolute atomic E-state index is 12.4. The molecule has 0 aromatic heterocycles. The number of nitrogens with one attached hydrogen (secondary N) is 1. The SMILES string of the molecule is CC/C=C\C/C=C\C/C=C\C/C=C\C/C=C\C/C=C\C/C=C\C/C=C\C/C=C\C/C=C\C/C=C\CCCCCCCCCC(=O)NC(CO)C(O)/C=C/CC/C=C/CCCCCCCCCCC. The number of carbonyl (C=O) groups is 1. The van der Waals surface area contributed by atoms with E-state index < -0.39 is 12.1 Å². The monoisotopic (exact) mass is 934 g/mol. The van der Waals surface area contributed by atoms with E-state index in [1.807, 2.05) is 6.08 Å². The Morgan fingerprint density at radius 1 is 0.368 bits per heavy atom. The standard InChI is InChI=1S/C64H103NO3/c1-3-5-7-9-11-13-15-17-19-20-21-22-23-24-25-26-27-28-29-30-31-32-33-34-35-36-37-38-39-40-41-42-43-44-46-48-50-52-54-56-58-60-64(68)65-62(61-66)63(67)59-57-55-53-51-49-47-45-18-16-14-12-10-8-6-4-2/h5,7,11,13,17,19,21-22,24-25,27-28,30-31,33-34,36-37,39-40,42-43,49,51,57,59,62-63,66-67H,3-4,6,8-10,12,14-16,18,20,23,26,29,32,35,38,41,44-48,50,52-56,58,60-61H2,1-2H3,(H,65,68)/b7-5-,13-11-,19-17-,22-21-,25-24-,28-27-,31-30-,34-33-,37-36-,40-39-,43-42-,51-49+,59-57+. The molecule has 4 heteroatoms. The van der Waals surface area contributed by atoms with Crippen LogP contribution in [0.1, 0.15) is 219 Å². The fraction of sp³-hybridized carbons (Fsp3) is 0.578. The molecule has 0 aromatic carbocycles. The summed E-state index contributed by atoms with van der Waals surface area (Å²) in [4.78, 5) is 12.4. The molecule has 2 unspecified atom stereocenters. The summed E-state index contributed by atoms with van der Waals surface area (Å²) in [6.45, 7) is 4.16. The predicted molar refractivity (Wildman–Crippen MR) is 303 cm³/mol. The van der Waals surface area contributed by atoms with Gasteiger partial charge >= 0.3 is 0 Å². The molecule has 0 saturated carbocycles. The Morgan fingerprint density at radius 3 is 1.03 bits per heavy atom. The van der Waals surface area contributed by atoms with Gasteiger partial charge in [0.2, 0.25) is 5.91 Å². The van der Waals surface area contributed by atoms with Crippen LogP contribution in [0.3, 0.4) is 0 Å². The molecule has 0 aliphatic heterocycles. The number of rotatable bonds is 48. The summed E-state index contributed by atoms with van der Waals surface area (Å²) in [5.74, 6) is -0.0924. The number of aliphatic hydroxyl groups is 2. The molecule has 0 bridgehead atoms. The number of hydrogen-bond donors (Lipinski definition) is 3. The molecule has 382 valence electrons. The van der Waals surface area contributed by atoms with Gasteiger partial charge in [-0.1, -0.05) is 255 Å². The molecule has 0 saturated heterocycles. The molecule has 68 heavy (non-hydrogen) atoms. The van der Waals surface area contributed by atoms with Gasteiger partial charge in [-0.25, -0.2) is 0 Å². The van der Waals surface area contributed by atoms with Crippen LogP contribution >= 0.6 is 0 Å². The van der Waals surface area contributed by atoms with E-state index >= 15 is 0 Å². The second kappa shape index (κ2) is 57.3. The number of carbonyl (C=O) groups excluding carboxylic acids is 1. The van der Waals surface area contributed by atoms with Gasteiger partial charge in [0.1, 0.15) is 0 Å². The number of unbranched alkanes of at least 4 members (excludes halogenated alkanes) is 17. The lowest BCUT2D eigenvalue weighted by atomic mass is 10.1. The Kier molecular flexibility index (Phi) is 54.0. The van der Waals surface area contributed by atoms with Crippen LogP contribution in [0.4, 0.5) is 0 Å². The van der Waals surface area contributed by atoms with Crippen molar-refractivity contribution in [2.24, 2.45) is 0 Å². The number of allylic oxidation sites excluding steroid dienone is 25. The van der Waals surface area contributed by atoms with E-state index in [1.165, 1.54) is 83.5 Å². The molecule has 0 aliphatic carbocycles. The van der Waals surface area contributed by atoms with Gasteiger partial charge < -0.3 is 15.5 Å². The first-order valence-electron chi connectivity index (χ1n) is 27.7. The molecule has 0 heterocycles. The van der Waals surface area contributed by atoms with Crippen molar-refractivity contribution in [3.8, 4) is 0 Å². The van der Waals surface area contributed by atoms with Crippen LogP contribution in [0.2, 0.25) is 0 Å². The summed E-state index contributed by atoms with van der Waals surface area (Å²) in [5, 5.41) is 23.0. The molecule has 4 nitrogen and oxygen atoms in total. The van der Waals surface area contributed by atoms with E-state index in [4.69, 9.17) is 0 Å². The lowest BCUT2D eigenvalue weighted by Gasteiger charge is -2.19. The zero-order chi connectivity index (χ0) is 49.2. The number of aliphatic hydroxyl groups excluding tert-OH is 2. The van der Waals surface area contributed by atoms with E-state index in [2.05, 4.69) is 165 Å². The Balaban J connectivity index is 3.69. The van der Waals surface area contributed by atoms with Crippen LogP contribution in [-0.4, -0.2) is 34.9 Å². The highest BCUT2D eigenvalue weighted by Crippen LogP contribution is 2.13. The van der Waals surface area contributed by atoms with Crippen LogP contribution < -0.4 is 5.32 Å². The summed E-state index contributed by atoms with van der Waals surface area (Å²) in [7, 11) is 0. The van der Waals surface area contributed by atoms with Gasteiger partial charge in [0, 0.05) is 6.42 Å². The molecule has 0 aliphatic rings. The summed E-state index contributed by atoms with van der Waals surface area (Å²) < 4.78 is 0. The molecule has 0 spiro atoms. The average molecular weight is 935 g/mol. The Bertz CT molecular complexity index is 1480. The van der Waals surface area contributed by atoms with Crippen LogP contribution in [-0.2, 0) is 4.79 Å². The third-order valence-corrected chi connectivity index (χ3v) is 11.5. The van der Waals surface area contributed by atoms with Crippen molar-refractivity contribution in [3.63, 3.8) is 0 Å². The Morgan fingerprint density at radius 2 is 0.662 bits per heavy atom. The summed E-state index contributed by atoms with van der Waals surface area (Å²) >= 11 is 0. The summed E-state index contributed by atoms with van der Waals surface area (Å²) in [5.41, 5.74) is 0. The third-order valence-electron chi connectivity index (χ3n) is 11.5. The fourth-order valence-corrected chi connectivity index (χ4v) is 7.32. The predicted octanol–water partition coefficient (Wildman–Crippen LogP) is 18.6. The molecular formula is C64H103NO3. The highest BCUT2D eigenvalue weighted by Gasteiger charge is 2.17. The second-order valence-corrected chi connectivity index (χ2v) is 17.9. The van der Waals surface area contributed by atoms with Crippen molar-refractivity contribution in [2.45, 2.75) is 231 Å². The maximum Gasteiger partial charge on any atom is 0.220 e. The van der Waals surface area contributed by atoms with Crippen LogP contribution in [0.15, 0.2) is 158 Å². The smallest absolute Gasteiger partial charge is 0.220 e. The minimum absolute atomic E-state index is 0.0924. The fourth-order valence-electron chi connectivity index (χ4n) is 7.32. The minimum atomic E-state index is -0.877. The van der Waals surface area contributed by atoms with Gasteiger partial charge in [-0.2, -0.15) is 0 Å². The molecule has 2 atom stereocenters. The topological polar surface area (TPSA) is 69.6 Å². The van der Waals surface area contributed by atoms with Crippen molar-refractivity contribution >= 4 is 5.91 Å². The van der Waals surface area contributed by atoms with Gasteiger partial charge in [-0.3, -0.25) is 4.79 Å². The molecule has 0 radical (unpaired) electrons.